The zero-order valence-electron chi connectivity index (χ0n) is 10.6. The molecule has 90 valence electrons. The Balaban J connectivity index is 2.35. The van der Waals surface area contributed by atoms with Crippen molar-refractivity contribution in [3.8, 4) is 0 Å². The second kappa shape index (κ2) is 4.81. The van der Waals surface area contributed by atoms with Crippen LogP contribution in [0.1, 0.15) is 53.9 Å². The highest BCUT2D eigenvalue weighted by Gasteiger charge is 2.36. The first kappa shape index (κ1) is 12.9. The van der Waals surface area contributed by atoms with Crippen LogP contribution in [0.2, 0.25) is 0 Å². The number of hydrogen-bond donors (Lipinski definition) is 0. The van der Waals surface area contributed by atoms with Crippen LogP contribution in [0.4, 0.5) is 0 Å². The Morgan fingerprint density at radius 3 is 2.53 bits per heavy atom. The van der Waals surface area contributed by atoms with Gasteiger partial charge in [0, 0.05) is 0 Å². The molecule has 0 N–H and O–H groups in total. The Morgan fingerprint density at radius 2 is 2.07 bits per heavy atom. The molecule has 1 unspecified atom stereocenters. The van der Waals surface area contributed by atoms with E-state index in [4.69, 9.17) is 14.2 Å². The SMILES string of the molecule is CCCCC(C)(C)OC1COC(C)(C)O1. The normalized spacial score (nSPS) is 25.8. The second-order valence-corrected chi connectivity index (χ2v) is 5.24. The van der Waals surface area contributed by atoms with E-state index in [0.29, 0.717) is 6.61 Å². The van der Waals surface area contributed by atoms with Crippen LogP contribution in [0.5, 0.6) is 0 Å². The predicted octanol–water partition coefficient (Wildman–Crippen LogP) is 3.08. The van der Waals surface area contributed by atoms with Gasteiger partial charge in [-0.15, -0.1) is 0 Å². The Morgan fingerprint density at radius 1 is 1.40 bits per heavy atom. The van der Waals surface area contributed by atoms with Gasteiger partial charge in [-0.25, -0.2) is 0 Å². The molecule has 3 heteroatoms. The lowest BCUT2D eigenvalue weighted by Crippen LogP contribution is -2.33. The van der Waals surface area contributed by atoms with Crippen molar-refractivity contribution < 1.29 is 14.2 Å². The Hall–Kier alpha value is -0.120. The van der Waals surface area contributed by atoms with E-state index < -0.39 is 5.79 Å². The van der Waals surface area contributed by atoms with Gasteiger partial charge < -0.3 is 14.2 Å². The standard InChI is InChI=1S/C12H24O3/c1-6-7-8-11(2,3)14-10-9-13-12(4,5)15-10/h10H,6-9H2,1-5H3. The molecule has 1 rings (SSSR count). The van der Waals surface area contributed by atoms with Gasteiger partial charge in [0.15, 0.2) is 12.1 Å². The van der Waals surface area contributed by atoms with Gasteiger partial charge in [-0.2, -0.15) is 0 Å². The fourth-order valence-electron chi connectivity index (χ4n) is 1.73. The van der Waals surface area contributed by atoms with Crippen LogP contribution in [0, 0.1) is 0 Å². The molecule has 0 aromatic heterocycles. The highest BCUT2D eigenvalue weighted by molar-refractivity contribution is 4.72. The highest BCUT2D eigenvalue weighted by Crippen LogP contribution is 2.28. The van der Waals surface area contributed by atoms with Crippen LogP contribution >= 0.6 is 0 Å². The molecule has 1 fully saturated rings. The van der Waals surface area contributed by atoms with Gasteiger partial charge >= 0.3 is 0 Å². The lowest BCUT2D eigenvalue weighted by atomic mass is 10.0. The van der Waals surface area contributed by atoms with Crippen LogP contribution < -0.4 is 0 Å². The third-order valence-electron chi connectivity index (χ3n) is 2.57. The Bertz CT molecular complexity index is 199. The molecule has 0 aromatic rings. The number of rotatable bonds is 5. The van der Waals surface area contributed by atoms with Crippen LogP contribution in [-0.4, -0.2) is 24.3 Å². The second-order valence-electron chi connectivity index (χ2n) is 5.24. The van der Waals surface area contributed by atoms with Crippen LogP contribution in [0.3, 0.4) is 0 Å². The first-order chi connectivity index (χ1) is 6.85. The van der Waals surface area contributed by atoms with E-state index in [1.165, 1.54) is 12.8 Å². The summed E-state index contributed by atoms with van der Waals surface area (Å²) in [7, 11) is 0. The molecule has 0 aromatic carbocycles. The summed E-state index contributed by atoms with van der Waals surface area (Å²) < 4.78 is 17.0. The molecule has 0 radical (unpaired) electrons. The van der Waals surface area contributed by atoms with Crippen molar-refractivity contribution in [2.45, 2.75) is 71.6 Å². The zero-order valence-corrected chi connectivity index (χ0v) is 10.6. The maximum absolute atomic E-state index is 5.89. The van der Waals surface area contributed by atoms with Crippen LogP contribution in [0.15, 0.2) is 0 Å². The summed E-state index contributed by atoms with van der Waals surface area (Å²) >= 11 is 0. The summed E-state index contributed by atoms with van der Waals surface area (Å²) in [5.41, 5.74) is -0.121. The van der Waals surface area contributed by atoms with Gasteiger partial charge in [0.25, 0.3) is 0 Å². The first-order valence-electron chi connectivity index (χ1n) is 5.84. The molecule has 1 heterocycles. The average molecular weight is 216 g/mol. The molecule has 0 amide bonds. The minimum absolute atomic E-state index is 0.121. The fraction of sp³-hybridized carbons (Fsp3) is 1.00. The minimum Gasteiger partial charge on any atom is -0.345 e. The van der Waals surface area contributed by atoms with Crippen LogP contribution in [0.25, 0.3) is 0 Å². The summed E-state index contributed by atoms with van der Waals surface area (Å²) in [5.74, 6) is -0.495. The predicted molar refractivity (Wildman–Crippen MR) is 59.6 cm³/mol. The highest BCUT2D eigenvalue weighted by atomic mass is 16.8. The summed E-state index contributed by atoms with van der Waals surface area (Å²) in [6.45, 7) is 10.8. The molecule has 1 aliphatic heterocycles. The molecule has 1 atom stereocenters. The smallest absolute Gasteiger partial charge is 0.184 e. The van der Waals surface area contributed by atoms with Crippen molar-refractivity contribution in [2.75, 3.05) is 6.61 Å². The summed E-state index contributed by atoms with van der Waals surface area (Å²) in [6.07, 6.45) is 3.22. The van der Waals surface area contributed by atoms with Crippen molar-refractivity contribution in [3.63, 3.8) is 0 Å². The van der Waals surface area contributed by atoms with E-state index in [1.54, 1.807) is 0 Å². The van der Waals surface area contributed by atoms with Gasteiger partial charge in [0.1, 0.15) is 6.61 Å². The Labute approximate surface area is 93.1 Å². The zero-order chi connectivity index (χ0) is 11.5. The Kier molecular flexibility index (Phi) is 4.15. The van der Waals surface area contributed by atoms with Crippen molar-refractivity contribution in [3.05, 3.63) is 0 Å². The number of hydrogen-bond acceptors (Lipinski definition) is 3. The molecule has 1 saturated heterocycles. The maximum Gasteiger partial charge on any atom is 0.184 e. The van der Waals surface area contributed by atoms with Gasteiger partial charge in [-0.05, 0) is 34.1 Å². The van der Waals surface area contributed by atoms with E-state index in [1.807, 2.05) is 13.8 Å². The van der Waals surface area contributed by atoms with Gasteiger partial charge in [0.2, 0.25) is 0 Å². The first-order valence-corrected chi connectivity index (χ1v) is 5.84. The molecule has 0 spiro atoms. The molecular formula is C12H24O3. The molecule has 1 aliphatic rings. The average Bonchev–Trinajstić information content (AvgIpc) is 2.41. The molecule has 0 aliphatic carbocycles. The van der Waals surface area contributed by atoms with Crippen molar-refractivity contribution >= 4 is 0 Å². The van der Waals surface area contributed by atoms with E-state index >= 15 is 0 Å². The third-order valence-corrected chi connectivity index (χ3v) is 2.57. The molecular weight excluding hydrogens is 192 g/mol. The fourth-order valence-corrected chi connectivity index (χ4v) is 1.73. The maximum atomic E-state index is 5.89. The van der Waals surface area contributed by atoms with Crippen LogP contribution in [-0.2, 0) is 14.2 Å². The largest absolute Gasteiger partial charge is 0.345 e. The summed E-state index contributed by atoms with van der Waals surface area (Å²) in [4.78, 5) is 0. The van der Waals surface area contributed by atoms with Crippen molar-refractivity contribution in [1.82, 2.24) is 0 Å². The summed E-state index contributed by atoms with van der Waals surface area (Å²) in [5, 5.41) is 0. The molecule has 3 nitrogen and oxygen atoms in total. The van der Waals surface area contributed by atoms with Gasteiger partial charge in [-0.1, -0.05) is 19.8 Å². The topological polar surface area (TPSA) is 27.7 Å². The van der Waals surface area contributed by atoms with Crippen molar-refractivity contribution in [2.24, 2.45) is 0 Å². The third kappa shape index (κ3) is 4.49. The quantitative estimate of drug-likeness (QED) is 0.707. The molecule has 15 heavy (non-hydrogen) atoms. The lowest BCUT2D eigenvalue weighted by molar-refractivity contribution is -0.223. The molecule has 0 saturated carbocycles. The van der Waals surface area contributed by atoms with Gasteiger partial charge in [0.05, 0.1) is 5.60 Å². The lowest BCUT2D eigenvalue weighted by Gasteiger charge is -2.28. The number of unbranched alkanes of at least 4 members (excludes halogenated alkanes) is 1. The van der Waals surface area contributed by atoms with E-state index in [-0.39, 0.29) is 11.9 Å². The van der Waals surface area contributed by atoms with Gasteiger partial charge in [-0.3, -0.25) is 0 Å². The van der Waals surface area contributed by atoms with E-state index in [0.717, 1.165) is 6.42 Å². The molecule has 0 bridgehead atoms. The summed E-state index contributed by atoms with van der Waals surface area (Å²) in [6, 6.07) is 0. The number of ether oxygens (including phenoxy) is 3. The minimum atomic E-state index is -0.495. The van der Waals surface area contributed by atoms with E-state index in [2.05, 4.69) is 20.8 Å². The van der Waals surface area contributed by atoms with Crippen molar-refractivity contribution in [1.29, 1.82) is 0 Å². The monoisotopic (exact) mass is 216 g/mol. The van der Waals surface area contributed by atoms with E-state index in [9.17, 15) is 0 Å².